The zero-order valence-corrected chi connectivity index (χ0v) is 18.1. The number of amides is 1. The van der Waals surface area contributed by atoms with E-state index in [4.69, 9.17) is 21.1 Å². The van der Waals surface area contributed by atoms with Crippen molar-refractivity contribution in [3.05, 3.63) is 56.5 Å². The molecule has 0 heterocycles. The maximum absolute atomic E-state index is 12.5. The molecule has 0 aromatic heterocycles. The van der Waals surface area contributed by atoms with Gasteiger partial charge in [0.1, 0.15) is 11.6 Å². The van der Waals surface area contributed by atoms with Crippen molar-refractivity contribution in [2.45, 2.75) is 20.3 Å². The SMILES string of the molecule is CCCOc1c(Br)cc(/C=C(\C#N)C(=O)Nc2cccc(Cl)c2C)cc1OC. The highest BCUT2D eigenvalue weighted by molar-refractivity contribution is 9.10. The maximum Gasteiger partial charge on any atom is 0.266 e. The van der Waals surface area contributed by atoms with Crippen molar-refractivity contribution in [1.82, 2.24) is 0 Å². The van der Waals surface area contributed by atoms with E-state index in [1.807, 2.05) is 13.0 Å². The van der Waals surface area contributed by atoms with Crippen LogP contribution in [0, 0.1) is 18.3 Å². The van der Waals surface area contributed by atoms with Crippen LogP contribution in [0.15, 0.2) is 40.4 Å². The van der Waals surface area contributed by atoms with Gasteiger partial charge in [0.25, 0.3) is 5.91 Å². The molecule has 1 N–H and O–H groups in total. The average Bonchev–Trinajstić information content (AvgIpc) is 2.68. The predicted molar refractivity (Wildman–Crippen MR) is 115 cm³/mol. The first-order valence-electron chi connectivity index (χ1n) is 8.59. The highest BCUT2D eigenvalue weighted by Crippen LogP contribution is 2.37. The van der Waals surface area contributed by atoms with Gasteiger partial charge in [-0.05, 0) is 70.7 Å². The number of anilines is 1. The fraction of sp³-hybridized carbons (Fsp3) is 0.238. The lowest BCUT2D eigenvalue weighted by molar-refractivity contribution is -0.112. The monoisotopic (exact) mass is 462 g/mol. The summed E-state index contributed by atoms with van der Waals surface area (Å²) in [7, 11) is 1.54. The van der Waals surface area contributed by atoms with Crippen LogP contribution < -0.4 is 14.8 Å². The van der Waals surface area contributed by atoms with Crippen LogP contribution in [-0.4, -0.2) is 19.6 Å². The van der Waals surface area contributed by atoms with E-state index >= 15 is 0 Å². The Kier molecular flexibility index (Phi) is 7.91. The van der Waals surface area contributed by atoms with Gasteiger partial charge in [-0.25, -0.2) is 0 Å². The maximum atomic E-state index is 12.5. The number of hydrogen-bond donors (Lipinski definition) is 1. The summed E-state index contributed by atoms with van der Waals surface area (Å²) in [5.41, 5.74) is 1.87. The molecule has 2 rings (SSSR count). The fourth-order valence-electron chi connectivity index (χ4n) is 2.42. The highest BCUT2D eigenvalue weighted by Gasteiger charge is 2.15. The molecule has 0 saturated carbocycles. The number of ether oxygens (including phenoxy) is 2. The summed E-state index contributed by atoms with van der Waals surface area (Å²) in [4.78, 5) is 12.5. The molecule has 28 heavy (non-hydrogen) atoms. The number of methoxy groups -OCH3 is 1. The molecular weight excluding hydrogens is 444 g/mol. The van der Waals surface area contributed by atoms with Crippen molar-refractivity contribution in [2.75, 3.05) is 19.0 Å². The van der Waals surface area contributed by atoms with Crippen LogP contribution in [0.1, 0.15) is 24.5 Å². The van der Waals surface area contributed by atoms with Gasteiger partial charge < -0.3 is 14.8 Å². The molecule has 0 atom stereocenters. The van der Waals surface area contributed by atoms with Crippen LogP contribution in [-0.2, 0) is 4.79 Å². The van der Waals surface area contributed by atoms with E-state index in [2.05, 4.69) is 21.2 Å². The number of halogens is 2. The molecule has 0 radical (unpaired) electrons. The summed E-state index contributed by atoms with van der Waals surface area (Å²) in [6.45, 7) is 4.36. The number of hydrogen-bond acceptors (Lipinski definition) is 4. The standard InChI is InChI=1S/C21H20BrClN2O3/c1-4-8-28-20-16(22)10-14(11-19(20)27-3)9-15(12-24)21(26)25-18-7-5-6-17(23)13(18)2/h5-7,9-11H,4,8H2,1-3H3,(H,25,26)/b15-9+. The number of nitrogens with zero attached hydrogens (tertiary/aromatic N) is 1. The molecular formula is C21H20BrClN2O3. The summed E-state index contributed by atoms with van der Waals surface area (Å²) < 4.78 is 11.8. The number of nitrogens with one attached hydrogen (secondary N) is 1. The Morgan fingerprint density at radius 1 is 1.39 bits per heavy atom. The van der Waals surface area contributed by atoms with Gasteiger partial charge in [0.15, 0.2) is 11.5 Å². The van der Waals surface area contributed by atoms with Gasteiger partial charge in [-0.2, -0.15) is 5.26 Å². The molecule has 5 nitrogen and oxygen atoms in total. The molecule has 0 saturated heterocycles. The van der Waals surface area contributed by atoms with Gasteiger partial charge in [-0.1, -0.05) is 24.6 Å². The number of carbonyl (C=O) groups is 1. The van der Waals surface area contributed by atoms with Gasteiger partial charge in [0, 0.05) is 10.7 Å². The topological polar surface area (TPSA) is 71.3 Å². The van der Waals surface area contributed by atoms with Crippen LogP contribution in [0.3, 0.4) is 0 Å². The van der Waals surface area contributed by atoms with Gasteiger partial charge in [0.05, 0.1) is 18.2 Å². The third kappa shape index (κ3) is 5.28. The summed E-state index contributed by atoms with van der Waals surface area (Å²) >= 11 is 9.54. The van der Waals surface area contributed by atoms with Crippen LogP contribution in [0.4, 0.5) is 5.69 Å². The van der Waals surface area contributed by atoms with Crippen LogP contribution >= 0.6 is 27.5 Å². The smallest absolute Gasteiger partial charge is 0.266 e. The lowest BCUT2D eigenvalue weighted by Gasteiger charge is -2.13. The summed E-state index contributed by atoms with van der Waals surface area (Å²) in [6, 6.07) is 10.6. The quantitative estimate of drug-likeness (QED) is 0.419. The molecule has 0 fully saturated rings. The highest BCUT2D eigenvalue weighted by atomic mass is 79.9. The van der Waals surface area contributed by atoms with Gasteiger partial charge in [-0.15, -0.1) is 0 Å². The second kappa shape index (κ2) is 10.2. The Morgan fingerprint density at radius 2 is 2.14 bits per heavy atom. The van der Waals surface area contributed by atoms with E-state index in [-0.39, 0.29) is 5.57 Å². The molecule has 7 heteroatoms. The third-order valence-corrected chi connectivity index (χ3v) is 4.89. The Labute approximate surface area is 178 Å². The first-order valence-corrected chi connectivity index (χ1v) is 9.77. The van der Waals surface area contributed by atoms with Crippen LogP contribution in [0.2, 0.25) is 5.02 Å². The largest absolute Gasteiger partial charge is 0.493 e. The molecule has 0 aliphatic heterocycles. The second-order valence-corrected chi connectivity index (χ2v) is 7.18. The third-order valence-electron chi connectivity index (χ3n) is 3.89. The van der Waals surface area contributed by atoms with Crippen molar-refractivity contribution in [2.24, 2.45) is 0 Å². The van der Waals surface area contributed by atoms with Gasteiger partial charge in [0.2, 0.25) is 0 Å². The van der Waals surface area contributed by atoms with Crippen molar-refractivity contribution < 1.29 is 14.3 Å². The first-order chi connectivity index (χ1) is 13.4. The van der Waals surface area contributed by atoms with E-state index < -0.39 is 5.91 Å². The Morgan fingerprint density at radius 3 is 2.79 bits per heavy atom. The first kappa shape index (κ1) is 21.8. The summed E-state index contributed by atoms with van der Waals surface area (Å²) in [5.74, 6) is 0.575. The Balaban J connectivity index is 2.33. The number of nitriles is 1. The molecule has 2 aromatic rings. The number of rotatable bonds is 7. The molecule has 0 spiro atoms. The average molecular weight is 464 g/mol. The van der Waals surface area contributed by atoms with Crippen LogP contribution in [0.5, 0.6) is 11.5 Å². The van der Waals surface area contributed by atoms with E-state index in [1.54, 1.807) is 37.3 Å². The predicted octanol–water partition coefficient (Wildman–Crippen LogP) is 5.75. The zero-order valence-electron chi connectivity index (χ0n) is 15.8. The molecule has 146 valence electrons. The normalized spacial score (nSPS) is 10.9. The molecule has 0 aliphatic carbocycles. The molecule has 0 unspecified atom stereocenters. The summed E-state index contributed by atoms with van der Waals surface area (Å²) in [5, 5.41) is 12.7. The van der Waals surface area contributed by atoms with Gasteiger partial charge in [-0.3, -0.25) is 4.79 Å². The van der Waals surface area contributed by atoms with E-state index in [9.17, 15) is 10.1 Å². The van der Waals surface area contributed by atoms with Crippen LogP contribution in [0.25, 0.3) is 6.08 Å². The van der Waals surface area contributed by atoms with E-state index in [1.165, 1.54) is 13.2 Å². The van der Waals surface area contributed by atoms with Crippen molar-refractivity contribution >= 4 is 45.2 Å². The van der Waals surface area contributed by atoms with E-state index in [0.717, 1.165) is 12.0 Å². The Hall–Kier alpha value is -2.49. The number of carbonyl (C=O) groups excluding carboxylic acids is 1. The molecule has 2 aromatic carbocycles. The minimum Gasteiger partial charge on any atom is -0.493 e. The molecule has 0 aliphatic rings. The number of benzene rings is 2. The van der Waals surface area contributed by atoms with Crippen molar-refractivity contribution in [3.8, 4) is 17.6 Å². The fourth-order valence-corrected chi connectivity index (χ4v) is 3.16. The minimum absolute atomic E-state index is 0.0458. The van der Waals surface area contributed by atoms with Crippen molar-refractivity contribution in [1.29, 1.82) is 5.26 Å². The molecule has 1 amide bonds. The summed E-state index contributed by atoms with van der Waals surface area (Å²) in [6.07, 6.45) is 2.35. The Bertz CT molecular complexity index is 951. The molecule has 0 bridgehead atoms. The van der Waals surface area contributed by atoms with E-state index in [0.29, 0.717) is 38.9 Å². The zero-order chi connectivity index (χ0) is 20.7. The van der Waals surface area contributed by atoms with Gasteiger partial charge >= 0.3 is 0 Å². The minimum atomic E-state index is -0.519. The van der Waals surface area contributed by atoms with Crippen molar-refractivity contribution in [3.63, 3.8) is 0 Å². The second-order valence-electron chi connectivity index (χ2n) is 5.92. The lowest BCUT2D eigenvalue weighted by Crippen LogP contribution is -2.14. The lowest BCUT2D eigenvalue weighted by atomic mass is 10.1.